The largest absolute Gasteiger partial charge is 0.335 e. The van der Waals surface area contributed by atoms with Crippen LogP contribution in [0.15, 0.2) is 35.4 Å². The zero-order valence-corrected chi connectivity index (χ0v) is 8.28. The molecule has 1 atom stereocenters. The molecule has 0 radical (unpaired) electrons. The molecule has 0 aromatic heterocycles. The Hall–Kier alpha value is -1.40. The Balaban J connectivity index is 2.12. The molecule has 1 aliphatic rings. The van der Waals surface area contributed by atoms with Gasteiger partial charge in [-0.15, -0.1) is 12.6 Å². The minimum Gasteiger partial charge on any atom is -0.335 e. The Kier molecular flexibility index (Phi) is 2.22. The molecule has 14 heavy (non-hydrogen) atoms. The maximum atomic E-state index is 5.64. The van der Waals surface area contributed by atoms with Crippen LogP contribution in [0.1, 0.15) is 0 Å². The van der Waals surface area contributed by atoms with E-state index < -0.39 is 5.12 Å². The normalized spacial score (nSPS) is 24.9. The van der Waals surface area contributed by atoms with Crippen LogP contribution in [0.25, 0.3) is 0 Å². The number of para-hydroxylation sites is 1. The molecule has 2 rings (SSSR count). The number of hydrazone groups is 1. The summed E-state index contributed by atoms with van der Waals surface area (Å²) in [7, 11) is 0. The molecule has 1 unspecified atom stereocenters. The Morgan fingerprint density at radius 2 is 2.14 bits per heavy atom. The van der Waals surface area contributed by atoms with E-state index in [4.69, 9.17) is 5.84 Å². The maximum absolute atomic E-state index is 5.64. The average Bonchev–Trinajstić information content (AvgIpc) is 2.48. The van der Waals surface area contributed by atoms with Crippen LogP contribution in [0.5, 0.6) is 0 Å². The second kappa shape index (κ2) is 3.39. The van der Waals surface area contributed by atoms with Gasteiger partial charge in [0.2, 0.25) is 0 Å². The van der Waals surface area contributed by atoms with Gasteiger partial charge in [-0.3, -0.25) is 5.43 Å². The van der Waals surface area contributed by atoms with Gasteiger partial charge in [-0.2, -0.15) is 5.10 Å². The molecule has 74 valence electrons. The molecule has 1 heterocycles. The van der Waals surface area contributed by atoms with Crippen LogP contribution in [0.4, 0.5) is 5.69 Å². The summed E-state index contributed by atoms with van der Waals surface area (Å²) in [6, 6.07) is 9.64. The average molecular weight is 209 g/mol. The summed E-state index contributed by atoms with van der Waals surface area (Å²) in [4.78, 5) is 0. The number of nitrogens with one attached hydrogen (secondary N) is 2. The Morgan fingerprint density at radius 1 is 1.43 bits per heavy atom. The SMILES string of the molecule is NN1C=NNC1(S)Nc1ccccc1. The van der Waals surface area contributed by atoms with Crippen LogP contribution in [-0.4, -0.2) is 16.5 Å². The van der Waals surface area contributed by atoms with Crippen molar-refractivity contribution >= 4 is 24.7 Å². The second-order valence-corrected chi connectivity index (χ2v) is 3.57. The highest BCUT2D eigenvalue weighted by Gasteiger charge is 2.33. The third-order valence-electron chi connectivity index (χ3n) is 1.87. The zero-order valence-electron chi connectivity index (χ0n) is 7.38. The highest BCUT2D eigenvalue weighted by molar-refractivity contribution is 7.81. The van der Waals surface area contributed by atoms with Crippen molar-refractivity contribution in [3.8, 4) is 0 Å². The number of nitrogens with two attached hydrogens (primary N) is 1. The van der Waals surface area contributed by atoms with Gasteiger partial charge >= 0.3 is 0 Å². The number of hydrogen-bond donors (Lipinski definition) is 4. The minimum atomic E-state index is -0.860. The van der Waals surface area contributed by atoms with Gasteiger partial charge in [0.05, 0.1) is 0 Å². The van der Waals surface area contributed by atoms with Gasteiger partial charge in [0.15, 0.2) is 0 Å². The lowest BCUT2D eigenvalue weighted by Crippen LogP contribution is -2.56. The molecule has 0 saturated carbocycles. The van der Waals surface area contributed by atoms with Crippen molar-refractivity contribution in [1.82, 2.24) is 10.4 Å². The molecule has 0 amide bonds. The first-order valence-electron chi connectivity index (χ1n) is 4.11. The van der Waals surface area contributed by atoms with Gasteiger partial charge < -0.3 is 5.32 Å². The third-order valence-corrected chi connectivity index (χ3v) is 2.31. The zero-order chi connectivity index (χ0) is 10.0. The summed E-state index contributed by atoms with van der Waals surface area (Å²) in [6.07, 6.45) is 1.46. The first-order valence-corrected chi connectivity index (χ1v) is 4.55. The summed E-state index contributed by atoms with van der Waals surface area (Å²) >= 11 is 4.34. The molecule has 0 saturated heterocycles. The van der Waals surface area contributed by atoms with E-state index in [9.17, 15) is 0 Å². The van der Waals surface area contributed by atoms with Gasteiger partial charge in [-0.25, -0.2) is 10.9 Å². The molecular formula is C8H11N5S. The van der Waals surface area contributed by atoms with Gasteiger partial charge in [0.25, 0.3) is 5.12 Å². The molecule has 0 bridgehead atoms. The van der Waals surface area contributed by atoms with Crippen molar-refractivity contribution in [2.24, 2.45) is 10.9 Å². The van der Waals surface area contributed by atoms with Crippen LogP contribution in [0.3, 0.4) is 0 Å². The number of rotatable bonds is 2. The van der Waals surface area contributed by atoms with Crippen molar-refractivity contribution in [2.75, 3.05) is 5.32 Å². The molecule has 6 heteroatoms. The van der Waals surface area contributed by atoms with Crippen LogP contribution in [0.2, 0.25) is 0 Å². The number of nitrogens with zero attached hydrogens (tertiary/aromatic N) is 2. The Morgan fingerprint density at radius 3 is 2.71 bits per heavy atom. The number of benzene rings is 1. The van der Waals surface area contributed by atoms with E-state index >= 15 is 0 Å². The van der Waals surface area contributed by atoms with Crippen molar-refractivity contribution in [3.63, 3.8) is 0 Å². The van der Waals surface area contributed by atoms with E-state index in [1.54, 1.807) is 0 Å². The van der Waals surface area contributed by atoms with Gasteiger partial charge in [0, 0.05) is 5.69 Å². The quantitative estimate of drug-likeness (QED) is 0.323. The lowest BCUT2D eigenvalue weighted by atomic mass is 10.3. The Labute approximate surface area is 87.3 Å². The van der Waals surface area contributed by atoms with Gasteiger partial charge in [-0.1, -0.05) is 18.2 Å². The predicted molar refractivity (Wildman–Crippen MR) is 59.4 cm³/mol. The summed E-state index contributed by atoms with van der Waals surface area (Å²) in [5.74, 6) is 5.64. The first-order chi connectivity index (χ1) is 6.71. The highest BCUT2D eigenvalue weighted by atomic mass is 32.1. The third kappa shape index (κ3) is 1.61. The number of thiol groups is 1. The molecule has 1 aromatic carbocycles. The summed E-state index contributed by atoms with van der Waals surface area (Å²) in [6.45, 7) is 0. The summed E-state index contributed by atoms with van der Waals surface area (Å²) < 4.78 is 0. The summed E-state index contributed by atoms with van der Waals surface area (Å²) in [5, 5.41) is 7.39. The Bertz CT molecular complexity index is 341. The first kappa shape index (κ1) is 9.17. The molecule has 5 nitrogen and oxygen atoms in total. The fraction of sp³-hybridized carbons (Fsp3) is 0.125. The van der Waals surface area contributed by atoms with Crippen LogP contribution >= 0.6 is 12.6 Å². The monoisotopic (exact) mass is 209 g/mol. The molecule has 4 N–H and O–H groups in total. The van der Waals surface area contributed by atoms with E-state index in [0.717, 1.165) is 5.69 Å². The highest BCUT2D eigenvalue weighted by Crippen LogP contribution is 2.19. The lowest BCUT2D eigenvalue weighted by molar-refractivity contribution is 0.311. The number of anilines is 1. The molecule has 0 spiro atoms. The molecule has 0 aliphatic carbocycles. The van der Waals surface area contributed by atoms with E-state index in [2.05, 4.69) is 28.5 Å². The standard InChI is InChI=1S/C8H11N5S/c9-13-6-10-12-8(13,14)11-7-4-2-1-3-5-7/h1-6,11-12,14H,9H2. The molecule has 1 aromatic rings. The fourth-order valence-electron chi connectivity index (χ4n) is 1.14. The van der Waals surface area contributed by atoms with Crippen molar-refractivity contribution in [2.45, 2.75) is 5.12 Å². The van der Waals surface area contributed by atoms with E-state index in [-0.39, 0.29) is 0 Å². The number of hydrogen-bond acceptors (Lipinski definition) is 6. The second-order valence-electron chi connectivity index (χ2n) is 2.93. The van der Waals surface area contributed by atoms with Crippen molar-refractivity contribution in [3.05, 3.63) is 30.3 Å². The van der Waals surface area contributed by atoms with Crippen LogP contribution in [0, 0.1) is 0 Å². The lowest BCUT2D eigenvalue weighted by Gasteiger charge is -2.31. The predicted octanol–water partition coefficient (Wildman–Crippen LogP) is 0.362. The molecule has 1 aliphatic heterocycles. The smallest absolute Gasteiger partial charge is 0.264 e. The van der Waals surface area contributed by atoms with Crippen molar-refractivity contribution in [1.29, 1.82) is 0 Å². The van der Waals surface area contributed by atoms with E-state index in [1.165, 1.54) is 11.3 Å². The van der Waals surface area contributed by atoms with Crippen LogP contribution in [-0.2, 0) is 0 Å². The summed E-state index contributed by atoms with van der Waals surface area (Å²) in [5.41, 5.74) is 3.67. The maximum Gasteiger partial charge on any atom is 0.264 e. The van der Waals surface area contributed by atoms with Crippen LogP contribution < -0.4 is 16.6 Å². The van der Waals surface area contributed by atoms with Crippen molar-refractivity contribution < 1.29 is 0 Å². The topological polar surface area (TPSA) is 65.7 Å². The van der Waals surface area contributed by atoms with Gasteiger partial charge in [-0.05, 0) is 12.1 Å². The number of hydrazine groups is 1. The minimum absolute atomic E-state index is 0.860. The fourth-order valence-corrected chi connectivity index (χ4v) is 1.38. The van der Waals surface area contributed by atoms with E-state index in [1.807, 2.05) is 30.3 Å². The molecular weight excluding hydrogens is 198 g/mol. The van der Waals surface area contributed by atoms with E-state index in [0.29, 0.717) is 0 Å². The van der Waals surface area contributed by atoms with Gasteiger partial charge in [0.1, 0.15) is 6.34 Å². The molecule has 0 fully saturated rings.